The van der Waals surface area contributed by atoms with Gasteiger partial charge in [-0.3, -0.25) is 9.00 Å². The molecule has 0 N–H and O–H groups in total. The van der Waals surface area contributed by atoms with Crippen molar-refractivity contribution >= 4 is 16.6 Å². The molecule has 19 heavy (non-hydrogen) atoms. The largest absolute Gasteiger partial charge is 0.461 e. The van der Waals surface area contributed by atoms with Crippen LogP contribution in [0.4, 0.5) is 0 Å². The van der Waals surface area contributed by atoms with Crippen LogP contribution in [0, 0.1) is 0 Å². The van der Waals surface area contributed by atoms with E-state index in [1.807, 2.05) is 30.3 Å². The van der Waals surface area contributed by atoms with Gasteiger partial charge >= 0.3 is 0 Å². The summed E-state index contributed by atoms with van der Waals surface area (Å²) in [6.45, 7) is 2.32. The molecule has 1 aliphatic rings. The summed E-state index contributed by atoms with van der Waals surface area (Å²) in [4.78, 5) is 11.6. The highest BCUT2D eigenvalue weighted by molar-refractivity contribution is 7.84. The second-order valence-corrected chi connectivity index (χ2v) is 5.69. The summed E-state index contributed by atoms with van der Waals surface area (Å²) in [5, 5.41) is 0. The van der Waals surface area contributed by atoms with E-state index < -0.39 is 10.8 Å². The van der Waals surface area contributed by atoms with Crippen molar-refractivity contribution in [1.29, 1.82) is 0 Å². The molecule has 0 amide bonds. The molecule has 1 unspecified atom stereocenters. The molecule has 1 aromatic carbocycles. The maximum absolute atomic E-state index is 12.1. The number of hydrogen-bond donors (Lipinski definition) is 0. The van der Waals surface area contributed by atoms with Gasteiger partial charge < -0.3 is 9.47 Å². The Morgan fingerprint density at radius 1 is 1.21 bits per heavy atom. The summed E-state index contributed by atoms with van der Waals surface area (Å²) in [5.41, 5.74) is 1.37. The molecule has 0 spiro atoms. The van der Waals surface area contributed by atoms with Crippen LogP contribution in [0.3, 0.4) is 0 Å². The molecule has 102 valence electrons. The average Bonchev–Trinajstić information content (AvgIpc) is 2.90. The Balaban J connectivity index is 2.04. The van der Waals surface area contributed by atoms with Crippen LogP contribution in [0.1, 0.15) is 12.5 Å². The van der Waals surface area contributed by atoms with Gasteiger partial charge in [-0.05, 0) is 12.5 Å². The lowest BCUT2D eigenvalue weighted by Crippen LogP contribution is -2.12. The van der Waals surface area contributed by atoms with Crippen LogP contribution in [0.25, 0.3) is 0 Å². The predicted molar refractivity (Wildman–Crippen MR) is 72.8 cm³/mol. The van der Waals surface area contributed by atoms with E-state index in [-0.39, 0.29) is 17.5 Å². The number of hydrogen-bond acceptors (Lipinski definition) is 4. The normalized spacial score (nSPS) is 15.5. The Labute approximate surface area is 114 Å². The standard InChI is InChI=1S/C14H16O4S/c1-11(15)13(14-17-7-8-18-14)10-19(16)9-12-5-3-2-4-6-12/h2-6H,7-10H2,1H3. The Kier molecular flexibility index (Phi) is 4.74. The molecule has 1 heterocycles. The van der Waals surface area contributed by atoms with Crippen molar-refractivity contribution in [3.05, 3.63) is 47.4 Å². The molecule has 1 aliphatic heterocycles. The summed E-state index contributed by atoms with van der Waals surface area (Å²) >= 11 is 0. The van der Waals surface area contributed by atoms with Crippen molar-refractivity contribution < 1.29 is 18.5 Å². The van der Waals surface area contributed by atoms with Gasteiger partial charge in [0.15, 0.2) is 5.78 Å². The molecular formula is C14H16O4S. The van der Waals surface area contributed by atoms with E-state index in [2.05, 4.69) is 0 Å². The molecule has 1 aromatic rings. The van der Waals surface area contributed by atoms with E-state index >= 15 is 0 Å². The lowest BCUT2D eigenvalue weighted by molar-refractivity contribution is -0.114. The highest BCUT2D eigenvalue weighted by Gasteiger charge is 2.21. The van der Waals surface area contributed by atoms with Crippen molar-refractivity contribution in [3.8, 4) is 0 Å². The van der Waals surface area contributed by atoms with Crippen LogP contribution in [-0.2, 0) is 30.8 Å². The molecule has 1 atom stereocenters. The summed E-state index contributed by atoms with van der Waals surface area (Å²) in [7, 11) is -1.16. The molecule has 1 fully saturated rings. The van der Waals surface area contributed by atoms with Gasteiger partial charge in [-0.15, -0.1) is 0 Å². The van der Waals surface area contributed by atoms with Gasteiger partial charge in [0.25, 0.3) is 5.95 Å². The smallest absolute Gasteiger partial charge is 0.287 e. The maximum atomic E-state index is 12.1. The van der Waals surface area contributed by atoms with E-state index in [4.69, 9.17) is 9.47 Å². The van der Waals surface area contributed by atoms with E-state index in [9.17, 15) is 9.00 Å². The van der Waals surface area contributed by atoms with Crippen molar-refractivity contribution in [2.75, 3.05) is 19.0 Å². The second-order valence-electron chi connectivity index (χ2n) is 4.23. The van der Waals surface area contributed by atoms with Gasteiger partial charge in [0.1, 0.15) is 13.2 Å². The third-order valence-electron chi connectivity index (χ3n) is 2.70. The first kappa shape index (κ1) is 13.8. The van der Waals surface area contributed by atoms with Crippen LogP contribution in [0.15, 0.2) is 41.9 Å². The van der Waals surface area contributed by atoms with Gasteiger partial charge in [0, 0.05) is 16.6 Å². The van der Waals surface area contributed by atoms with Crippen LogP contribution in [0.5, 0.6) is 0 Å². The van der Waals surface area contributed by atoms with Gasteiger partial charge in [-0.25, -0.2) is 0 Å². The molecule has 0 saturated carbocycles. The third kappa shape index (κ3) is 3.92. The molecule has 1 saturated heterocycles. The Bertz CT molecular complexity index is 499. The minimum Gasteiger partial charge on any atom is -0.461 e. The fraction of sp³-hybridized carbons (Fsp3) is 0.357. The van der Waals surface area contributed by atoms with Crippen LogP contribution < -0.4 is 0 Å². The molecule has 0 bridgehead atoms. The van der Waals surface area contributed by atoms with Crippen LogP contribution >= 0.6 is 0 Å². The number of ether oxygens (including phenoxy) is 2. The minimum atomic E-state index is -1.16. The lowest BCUT2D eigenvalue weighted by atomic mass is 10.2. The van der Waals surface area contributed by atoms with Gasteiger partial charge in [-0.1, -0.05) is 30.3 Å². The quantitative estimate of drug-likeness (QED) is 0.772. The summed E-state index contributed by atoms with van der Waals surface area (Å²) in [5.74, 6) is 0.678. The van der Waals surface area contributed by atoms with Crippen molar-refractivity contribution in [1.82, 2.24) is 0 Å². The maximum Gasteiger partial charge on any atom is 0.287 e. The molecule has 0 aromatic heterocycles. The fourth-order valence-electron chi connectivity index (χ4n) is 1.76. The first-order chi connectivity index (χ1) is 9.16. The number of rotatable bonds is 5. The highest BCUT2D eigenvalue weighted by Crippen LogP contribution is 2.17. The van der Waals surface area contributed by atoms with Crippen molar-refractivity contribution in [2.45, 2.75) is 12.7 Å². The minimum absolute atomic E-state index is 0.154. The Hall–Kier alpha value is -1.62. The molecular weight excluding hydrogens is 264 g/mol. The topological polar surface area (TPSA) is 52.6 Å². The molecule has 0 radical (unpaired) electrons. The molecule has 5 heteroatoms. The highest BCUT2D eigenvalue weighted by atomic mass is 32.2. The Morgan fingerprint density at radius 3 is 2.42 bits per heavy atom. The number of benzene rings is 1. The van der Waals surface area contributed by atoms with E-state index in [1.165, 1.54) is 6.92 Å². The summed E-state index contributed by atoms with van der Waals surface area (Å²) < 4.78 is 22.6. The first-order valence-electron chi connectivity index (χ1n) is 6.05. The molecule has 4 nitrogen and oxygen atoms in total. The van der Waals surface area contributed by atoms with Crippen molar-refractivity contribution in [3.63, 3.8) is 0 Å². The van der Waals surface area contributed by atoms with Crippen LogP contribution in [0.2, 0.25) is 0 Å². The number of carbonyl (C=O) groups is 1. The summed E-state index contributed by atoms with van der Waals surface area (Å²) in [6, 6.07) is 9.55. The number of carbonyl (C=O) groups excluding carboxylic acids is 1. The SMILES string of the molecule is CC(=O)C(CS(=O)Cc1ccccc1)=C1OCCO1. The van der Waals surface area contributed by atoms with Gasteiger partial charge in [0.05, 0.1) is 11.3 Å². The average molecular weight is 280 g/mol. The van der Waals surface area contributed by atoms with E-state index in [1.54, 1.807) is 0 Å². The third-order valence-corrected chi connectivity index (χ3v) is 3.96. The van der Waals surface area contributed by atoms with Gasteiger partial charge in [-0.2, -0.15) is 0 Å². The summed E-state index contributed by atoms with van der Waals surface area (Å²) in [6.07, 6.45) is 0. The zero-order chi connectivity index (χ0) is 13.7. The molecule has 2 rings (SSSR count). The first-order valence-corrected chi connectivity index (χ1v) is 7.54. The zero-order valence-corrected chi connectivity index (χ0v) is 11.6. The monoisotopic (exact) mass is 280 g/mol. The van der Waals surface area contributed by atoms with Crippen molar-refractivity contribution in [2.24, 2.45) is 0 Å². The number of ketones is 1. The predicted octanol–water partition coefficient (Wildman–Crippen LogP) is 1.78. The lowest BCUT2D eigenvalue weighted by Gasteiger charge is -2.07. The number of Topliss-reactive ketones (excluding diaryl/α,β-unsaturated/α-hetero) is 1. The molecule has 0 aliphatic carbocycles. The van der Waals surface area contributed by atoms with E-state index in [0.29, 0.717) is 24.5 Å². The fourth-order valence-corrected chi connectivity index (χ4v) is 3.07. The zero-order valence-electron chi connectivity index (χ0n) is 10.8. The van der Waals surface area contributed by atoms with Crippen LogP contribution in [-0.4, -0.2) is 29.0 Å². The Morgan fingerprint density at radius 2 is 1.84 bits per heavy atom. The van der Waals surface area contributed by atoms with E-state index in [0.717, 1.165) is 5.56 Å². The van der Waals surface area contributed by atoms with Gasteiger partial charge in [0.2, 0.25) is 0 Å². The second kappa shape index (κ2) is 6.52.